The molecule has 0 aliphatic rings. The number of hydrogen-bond acceptors (Lipinski definition) is 5. The Morgan fingerprint density at radius 1 is 1.14 bits per heavy atom. The average Bonchev–Trinajstić information content (AvgIpc) is 2.54. The lowest BCUT2D eigenvalue weighted by molar-refractivity contribution is 0.279. The lowest BCUT2D eigenvalue weighted by Gasteiger charge is -2.14. The molecule has 114 valence electrons. The summed E-state index contributed by atoms with van der Waals surface area (Å²) in [5.74, 6) is 1.92. The highest BCUT2D eigenvalue weighted by atomic mass is 16.5. The second-order valence-electron chi connectivity index (χ2n) is 4.81. The number of aryl methyl sites for hydroxylation is 1. The van der Waals surface area contributed by atoms with Crippen LogP contribution in [-0.2, 0) is 6.61 Å². The Balaban J connectivity index is 2.22. The Morgan fingerprint density at radius 3 is 2.55 bits per heavy atom. The van der Waals surface area contributed by atoms with Gasteiger partial charge in [0.05, 0.1) is 31.5 Å². The van der Waals surface area contributed by atoms with E-state index in [1.54, 1.807) is 38.6 Å². The quantitative estimate of drug-likeness (QED) is 0.848. The summed E-state index contributed by atoms with van der Waals surface area (Å²) in [5, 5.41) is 8.91. The second-order valence-corrected chi connectivity index (χ2v) is 4.81. The first kappa shape index (κ1) is 15.6. The van der Waals surface area contributed by atoms with Crippen molar-refractivity contribution < 1.29 is 14.2 Å². The topological polar surface area (TPSA) is 64.4 Å². The van der Waals surface area contributed by atoms with Gasteiger partial charge < -0.3 is 14.2 Å². The van der Waals surface area contributed by atoms with Crippen molar-refractivity contribution in [3.05, 3.63) is 46.8 Å². The van der Waals surface area contributed by atoms with E-state index in [0.29, 0.717) is 23.7 Å². The van der Waals surface area contributed by atoms with E-state index in [1.807, 2.05) is 13.8 Å². The number of methoxy groups -OCH3 is 2. The monoisotopic (exact) mass is 298 g/mol. The first-order valence-electron chi connectivity index (χ1n) is 6.80. The maximum absolute atomic E-state index is 8.91. The minimum absolute atomic E-state index is 0.296. The Bertz CT molecular complexity index is 721. The molecule has 22 heavy (non-hydrogen) atoms. The summed E-state index contributed by atoms with van der Waals surface area (Å²) >= 11 is 0. The molecule has 5 heteroatoms. The van der Waals surface area contributed by atoms with Gasteiger partial charge in [-0.25, -0.2) is 0 Å². The van der Waals surface area contributed by atoms with Crippen LogP contribution in [0, 0.1) is 25.2 Å². The molecule has 0 fully saturated rings. The zero-order chi connectivity index (χ0) is 16.1. The van der Waals surface area contributed by atoms with Crippen LogP contribution < -0.4 is 14.2 Å². The van der Waals surface area contributed by atoms with Crippen molar-refractivity contribution in [3.8, 4) is 23.3 Å². The van der Waals surface area contributed by atoms with Gasteiger partial charge in [0.2, 0.25) is 0 Å². The molecule has 0 unspecified atom stereocenters. The first-order valence-corrected chi connectivity index (χ1v) is 6.80. The summed E-state index contributed by atoms with van der Waals surface area (Å²) < 4.78 is 16.4. The molecule has 5 nitrogen and oxygen atoms in total. The van der Waals surface area contributed by atoms with Crippen LogP contribution in [0.5, 0.6) is 17.2 Å². The van der Waals surface area contributed by atoms with Crippen molar-refractivity contribution in [3.63, 3.8) is 0 Å². The van der Waals surface area contributed by atoms with Gasteiger partial charge in [-0.2, -0.15) is 5.26 Å². The van der Waals surface area contributed by atoms with Crippen molar-refractivity contribution in [2.75, 3.05) is 14.2 Å². The number of rotatable bonds is 5. The van der Waals surface area contributed by atoms with Crippen molar-refractivity contribution in [1.82, 2.24) is 4.98 Å². The molecule has 1 heterocycles. The van der Waals surface area contributed by atoms with E-state index in [2.05, 4.69) is 11.1 Å². The lowest BCUT2D eigenvalue weighted by atomic mass is 10.1. The summed E-state index contributed by atoms with van der Waals surface area (Å²) in [6, 6.07) is 7.12. The van der Waals surface area contributed by atoms with E-state index in [-0.39, 0.29) is 0 Å². The number of ether oxygens (including phenoxy) is 3. The molecule has 1 aromatic carbocycles. The molecule has 2 aromatic rings. The summed E-state index contributed by atoms with van der Waals surface area (Å²) in [5.41, 5.74) is 3.26. The third kappa shape index (κ3) is 3.12. The molecule has 0 atom stereocenters. The van der Waals surface area contributed by atoms with E-state index < -0.39 is 0 Å². The summed E-state index contributed by atoms with van der Waals surface area (Å²) in [6.07, 6.45) is 1.76. The normalized spacial score (nSPS) is 9.95. The van der Waals surface area contributed by atoms with E-state index in [1.165, 1.54) is 0 Å². The molecule has 0 saturated heterocycles. The molecule has 0 N–H and O–H groups in total. The first-order chi connectivity index (χ1) is 10.6. The fourth-order valence-corrected chi connectivity index (χ4v) is 2.22. The van der Waals surface area contributed by atoms with Crippen LogP contribution in [0.4, 0.5) is 0 Å². The smallest absolute Gasteiger partial charge is 0.162 e. The lowest BCUT2D eigenvalue weighted by Crippen LogP contribution is -2.04. The molecule has 0 saturated carbocycles. The van der Waals surface area contributed by atoms with E-state index >= 15 is 0 Å². The van der Waals surface area contributed by atoms with E-state index in [4.69, 9.17) is 19.5 Å². The average molecular weight is 298 g/mol. The number of nitrogens with zero attached hydrogens (tertiary/aromatic N) is 2. The largest absolute Gasteiger partial charge is 0.496 e. The molecule has 2 rings (SSSR count). The predicted octanol–water partition coefficient (Wildman–Crippen LogP) is 3.17. The maximum atomic E-state index is 8.91. The van der Waals surface area contributed by atoms with Crippen LogP contribution in [0.15, 0.2) is 24.4 Å². The van der Waals surface area contributed by atoms with Crippen molar-refractivity contribution in [1.29, 1.82) is 5.26 Å². The van der Waals surface area contributed by atoms with Gasteiger partial charge in [0, 0.05) is 23.4 Å². The van der Waals surface area contributed by atoms with Crippen LogP contribution in [0.3, 0.4) is 0 Å². The number of benzene rings is 1. The molecule has 0 spiro atoms. The summed E-state index contributed by atoms with van der Waals surface area (Å²) in [4.78, 5) is 4.39. The van der Waals surface area contributed by atoms with Gasteiger partial charge in [-0.15, -0.1) is 0 Å². The Morgan fingerprint density at radius 2 is 1.91 bits per heavy atom. The molecule has 0 bridgehead atoms. The molecular weight excluding hydrogens is 280 g/mol. The van der Waals surface area contributed by atoms with Gasteiger partial charge in [0.15, 0.2) is 11.5 Å². The Labute approximate surface area is 130 Å². The Kier molecular flexibility index (Phi) is 4.84. The zero-order valence-electron chi connectivity index (χ0n) is 13.1. The molecule has 0 radical (unpaired) electrons. The van der Waals surface area contributed by atoms with Crippen molar-refractivity contribution in [2.45, 2.75) is 20.5 Å². The van der Waals surface area contributed by atoms with Gasteiger partial charge in [0.25, 0.3) is 0 Å². The molecule has 0 amide bonds. The van der Waals surface area contributed by atoms with E-state index in [0.717, 1.165) is 22.6 Å². The predicted molar refractivity (Wildman–Crippen MR) is 82.3 cm³/mol. The zero-order valence-corrected chi connectivity index (χ0v) is 13.1. The van der Waals surface area contributed by atoms with Gasteiger partial charge in [-0.05, 0) is 26.0 Å². The minimum atomic E-state index is 0.296. The van der Waals surface area contributed by atoms with Crippen LogP contribution in [0.2, 0.25) is 0 Å². The third-order valence-electron chi connectivity index (χ3n) is 3.41. The van der Waals surface area contributed by atoms with Gasteiger partial charge in [0.1, 0.15) is 12.4 Å². The number of aromatic nitrogens is 1. The third-order valence-corrected chi connectivity index (χ3v) is 3.41. The van der Waals surface area contributed by atoms with Crippen LogP contribution >= 0.6 is 0 Å². The second kappa shape index (κ2) is 6.81. The van der Waals surface area contributed by atoms with Crippen molar-refractivity contribution >= 4 is 0 Å². The number of hydrogen-bond donors (Lipinski definition) is 0. The minimum Gasteiger partial charge on any atom is -0.496 e. The fourth-order valence-electron chi connectivity index (χ4n) is 2.22. The molecular formula is C17H18N2O3. The van der Waals surface area contributed by atoms with E-state index in [9.17, 15) is 0 Å². The Hall–Kier alpha value is -2.74. The van der Waals surface area contributed by atoms with Gasteiger partial charge >= 0.3 is 0 Å². The van der Waals surface area contributed by atoms with Crippen LogP contribution in [0.25, 0.3) is 0 Å². The summed E-state index contributed by atoms with van der Waals surface area (Å²) in [7, 11) is 3.19. The number of nitriles is 1. The van der Waals surface area contributed by atoms with Gasteiger partial charge in [-0.1, -0.05) is 0 Å². The van der Waals surface area contributed by atoms with Crippen molar-refractivity contribution in [2.24, 2.45) is 0 Å². The van der Waals surface area contributed by atoms with Crippen LogP contribution in [-0.4, -0.2) is 19.2 Å². The molecule has 0 aliphatic heterocycles. The van der Waals surface area contributed by atoms with Gasteiger partial charge in [-0.3, -0.25) is 4.98 Å². The highest BCUT2D eigenvalue weighted by molar-refractivity contribution is 5.47. The number of pyridine rings is 1. The summed E-state index contributed by atoms with van der Waals surface area (Å²) in [6.45, 7) is 4.20. The highest BCUT2D eigenvalue weighted by Gasteiger charge is 2.12. The molecule has 1 aromatic heterocycles. The highest BCUT2D eigenvalue weighted by Crippen LogP contribution is 2.30. The maximum Gasteiger partial charge on any atom is 0.162 e. The standard InChI is InChI=1S/C17H18N2O3/c1-11-9-19-14(12(2)17(11)21-4)10-22-15-6-5-13(8-18)7-16(15)20-3/h5-7,9H,10H2,1-4H3. The molecule has 0 aliphatic carbocycles. The SMILES string of the molecule is COc1cc(C#N)ccc1OCc1ncc(C)c(OC)c1C. The van der Waals surface area contributed by atoms with Crippen LogP contribution in [0.1, 0.15) is 22.4 Å². The fraction of sp³-hybridized carbons (Fsp3) is 0.294.